The maximum absolute atomic E-state index is 12.5. The van der Waals surface area contributed by atoms with Crippen molar-refractivity contribution in [3.8, 4) is 0 Å². The number of allylic oxidation sites excluding steroid dienone is 1. The van der Waals surface area contributed by atoms with Crippen molar-refractivity contribution in [3.05, 3.63) is 12.7 Å². The largest absolute Gasteiger partial charge is 0.414 e. The van der Waals surface area contributed by atoms with Gasteiger partial charge in [0.05, 0.1) is 19.3 Å². The fourth-order valence-corrected chi connectivity index (χ4v) is 6.22. The molecule has 1 aliphatic carbocycles. The van der Waals surface area contributed by atoms with Crippen molar-refractivity contribution in [2.45, 2.75) is 104 Å². The summed E-state index contributed by atoms with van der Waals surface area (Å²) in [5, 5.41) is 10.2. The van der Waals surface area contributed by atoms with Gasteiger partial charge in [0.25, 0.3) is 0 Å². The standard InChI is InChI=1S/C24H48O4Si2/c1-13-19-18(16-25)20(26)14-15-24(19,8)21(28-30(11,12)23(5,6)7)17-27-29(9,10)22(2,3)4/h13,18-19,21,25H,1,14-17H2,2-12H3/t18-,19-,21+,24-/m1/s1. The second-order valence-corrected chi connectivity index (χ2v) is 22.0. The van der Waals surface area contributed by atoms with E-state index >= 15 is 0 Å². The average Bonchev–Trinajstić information content (AvgIpc) is 2.58. The molecule has 0 aliphatic heterocycles. The molecule has 0 spiro atoms. The van der Waals surface area contributed by atoms with Crippen LogP contribution in [0.1, 0.15) is 61.3 Å². The number of aliphatic hydroxyl groups is 1. The zero-order valence-electron chi connectivity index (χ0n) is 21.5. The number of Topliss-reactive ketones (excluding diaryl/α,β-unsaturated/α-hetero) is 1. The summed E-state index contributed by atoms with van der Waals surface area (Å²) in [7, 11) is -4.04. The smallest absolute Gasteiger partial charge is 0.192 e. The third-order valence-corrected chi connectivity index (χ3v) is 17.3. The summed E-state index contributed by atoms with van der Waals surface area (Å²) in [6.07, 6.45) is 2.94. The normalized spacial score (nSPS) is 27.8. The van der Waals surface area contributed by atoms with Gasteiger partial charge in [0, 0.05) is 17.8 Å². The van der Waals surface area contributed by atoms with Crippen LogP contribution in [0.15, 0.2) is 12.7 Å². The Kier molecular flexibility index (Phi) is 8.60. The molecule has 4 atom stereocenters. The van der Waals surface area contributed by atoms with Crippen LogP contribution in [0.2, 0.25) is 36.3 Å². The minimum Gasteiger partial charge on any atom is -0.414 e. The molecule has 1 aliphatic rings. The Bertz CT molecular complexity index is 616. The highest BCUT2D eigenvalue weighted by molar-refractivity contribution is 6.74. The lowest BCUT2D eigenvalue weighted by Gasteiger charge is -2.52. The van der Waals surface area contributed by atoms with E-state index in [0.29, 0.717) is 13.0 Å². The van der Waals surface area contributed by atoms with Gasteiger partial charge in [0.2, 0.25) is 0 Å². The van der Waals surface area contributed by atoms with Crippen molar-refractivity contribution in [2.24, 2.45) is 17.3 Å². The Morgan fingerprint density at radius 1 is 1.13 bits per heavy atom. The molecule has 1 rings (SSSR count). The second-order valence-electron chi connectivity index (χ2n) is 12.5. The lowest BCUT2D eigenvalue weighted by atomic mass is 9.60. The van der Waals surface area contributed by atoms with Gasteiger partial charge in [-0.15, -0.1) is 6.58 Å². The maximum Gasteiger partial charge on any atom is 0.192 e. The van der Waals surface area contributed by atoms with Gasteiger partial charge in [-0.1, -0.05) is 54.5 Å². The Balaban J connectivity index is 3.37. The SMILES string of the molecule is C=C[C@@H]1[C@@H](CO)C(=O)CC[C@@]1(C)[C@H](CO[Si](C)(C)C(C)(C)C)O[Si](C)(C)C(C)(C)C. The molecule has 1 N–H and O–H groups in total. The van der Waals surface area contributed by atoms with E-state index in [9.17, 15) is 9.90 Å². The average molecular weight is 457 g/mol. The van der Waals surface area contributed by atoms with E-state index in [4.69, 9.17) is 8.85 Å². The molecule has 1 saturated carbocycles. The first-order valence-electron chi connectivity index (χ1n) is 11.4. The van der Waals surface area contributed by atoms with E-state index in [2.05, 4.69) is 81.2 Å². The topological polar surface area (TPSA) is 55.8 Å². The quantitative estimate of drug-likeness (QED) is 0.350. The molecule has 0 aromatic heterocycles. The Morgan fingerprint density at radius 2 is 1.63 bits per heavy atom. The zero-order valence-corrected chi connectivity index (χ0v) is 23.5. The molecule has 0 amide bonds. The summed E-state index contributed by atoms with van der Waals surface area (Å²) < 4.78 is 13.7. The van der Waals surface area contributed by atoms with Gasteiger partial charge in [-0.2, -0.15) is 0 Å². The Morgan fingerprint density at radius 3 is 2.03 bits per heavy atom. The van der Waals surface area contributed by atoms with E-state index in [0.717, 1.165) is 6.42 Å². The second kappa shape index (κ2) is 9.30. The third-order valence-electron chi connectivity index (χ3n) is 8.35. The van der Waals surface area contributed by atoms with Gasteiger partial charge in [0.1, 0.15) is 5.78 Å². The molecule has 0 radical (unpaired) electrons. The summed E-state index contributed by atoms with van der Waals surface area (Å²) in [5.41, 5.74) is -0.305. The van der Waals surface area contributed by atoms with Crippen molar-refractivity contribution >= 4 is 22.4 Å². The van der Waals surface area contributed by atoms with Crippen LogP contribution in [0.25, 0.3) is 0 Å². The van der Waals surface area contributed by atoms with Crippen LogP contribution in [-0.4, -0.2) is 46.8 Å². The highest BCUT2D eigenvalue weighted by atomic mass is 28.4. The lowest BCUT2D eigenvalue weighted by Crippen LogP contribution is -2.57. The molecule has 0 saturated heterocycles. The van der Waals surface area contributed by atoms with E-state index in [1.807, 2.05) is 6.08 Å². The van der Waals surface area contributed by atoms with Crippen LogP contribution in [0.3, 0.4) is 0 Å². The van der Waals surface area contributed by atoms with Crippen LogP contribution in [0.4, 0.5) is 0 Å². The minimum atomic E-state index is -2.08. The van der Waals surface area contributed by atoms with Gasteiger partial charge >= 0.3 is 0 Å². The molecule has 0 unspecified atom stereocenters. The van der Waals surface area contributed by atoms with Gasteiger partial charge < -0.3 is 14.0 Å². The Hall–Kier alpha value is -0.276. The summed E-state index contributed by atoms with van der Waals surface area (Å²) >= 11 is 0. The molecule has 6 heteroatoms. The van der Waals surface area contributed by atoms with Crippen molar-refractivity contribution in [3.63, 3.8) is 0 Å². The zero-order chi connectivity index (χ0) is 23.8. The number of ketones is 1. The van der Waals surface area contributed by atoms with Crippen molar-refractivity contribution in [1.29, 1.82) is 0 Å². The van der Waals surface area contributed by atoms with Gasteiger partial charge in [-0.25, -0.2) is 0 Å². The summed E-state index contributed by atoms with van der Waals surface area (Å²) in [5.74, 6) is -0.391. The number of hydrogen-bond donors (Lipinski definition) is 1. The third kappa shape index (κ3) is 5.74. The Labute approximate surface area is 188 Å². The summed E-state index contributed by atoms with van der Waals surface area (Å²) in [4.78, 5) is 12.5. The first-order chi connectivity index (χ1) is 13.3. The maximum atomic E-state index is 12.5. The number of aliphatic hydroxyl groups excluding tert-OH is 1. The molecular formula is C24H48O4Si2. The summed E-state index contributed by atoms with van der Waals surface area (Å²) in [6.45, 7) is 29.2. The molecule has 0 bridgehead atoms. The molecule has 176 valence electrons. The molecule has 4 nitrogen and oxygen atoms in total. The van der Waals surface area contributed by atoms with Crippen molar-refractivity contribution in [1.82, 2.24) is 0 Å². The summed E-state index contributed by atoms with van der Waals surface area (Å²) in [6, 6.07) is 0. The molecule has 0 heterocycles. The van der Waals surface area contributed by atoms with Crippen molar-refractivity contribution < 1.29 is 18.8 Å². The minimum absolute atomic E-state index is 0.0725. The van der Waals surface area contributed by atoms with Gasteiger partial charge in [-0.05, 0) is 48.6 Å². The van der Waals surface area contributed by atoms with Crippen molar-refractivity contribution in [2.75, 3.05) is 13.2 Å². The van der Waals surface area contributed by atoms with E-state index in [-0.39, 0.29) is 39.9 Å². The first kappa shape index (κ1) is 27.8. The molecule has 1 fully saturated rings. The monoisotopic (exact) mass is 456 g/mol. The number of carbonyl (C=O) groups is 1. The van der Waals surface area contributed by atoms with Crippen LogP contribution in [0.5, 0.6) is 0 Å². The van der Waals surface area contributed by atoms with Gasteiger partial charge in [0.15, 0.2) is 16.6 Å². The predicted molar refractivity (Wildman–Crippen MR) is 132 cm³/mol. The highest BCUT2D eigenvalue weighted by Gasteiger charge is 2.52. The fourth-order valence-electron chi connectivity index (χ4n) is 3.82. The van der Waals surface area contributed by atoms with Crippen LogP contribution in [0, 0.1) is 17.3 Å². The molecule has 30 heavy (non-hydrogen) atoms. The van der Waals surface area contributed by atoms with Crippen LogP contribution >= 0.6 is 0 Å². The lowest BCUT2D eigenvalue weighted by molar-refractivity contribution is -0.137. The molecule has 0 aromatic rings. The van der Waals surface area contributed by atoms with Crippen LogP contribution < -0.4 is 0 Å². The molecular weight excluding hydrogens is 408 g/mol. The first-order valence-corrected chi connectivity index (χ1v) is 17.2. The van der Waals surface area contributed by atoms with Crippen LogP contribution in [-0.2, 0) is 13.6 Å². The highest BCUT2D eigenvalue weighted by Crippen LogP contribution is 2.50. The predicted octanol–water partition coefficient (Wildman–Crippen LogP) is 6.18. The van der Waals surface area contributed by atoms with E-state index in [1.165, 1.54) is 0 Å². The van der Waals surface area contributed by atoms with E-state index < -0.39 is 22.6 Å². The fraction of sp³-hybridized carbons (Fsp3) is 0.875. The molecule has 0 aromatic carbocycles. The van der Waals surface area contributed by atoms with E-state index in [1.54, 1.807) is 0 Å². The van der Waals surface area contributed by atoms with Gasteiger partial charge in [-0.3, -0.25) is 4.79 Å². The number of hydrogen-bond acceptors (Lipinski definition) is 4. The number of rotatable bonds is 8. The number of carbonyl (C=O) groups excluding carboxylic acids is 1.